The Balaban J connectivity index is 1.54. The molecule has 1 N–H and O–H groups in total. The van der Waals surface area contributed by atoms with Crippen LogP contribution in [0.5, 0.6) is 0 Å². The second-order valence-corrected chi connectivity index (χ2v) is 8.75. The van der Waals surface area contributed by atoms with Crippen LogP contribution in [-0.4, -0.2) is 20.9 Å². The smallest absolute Gasteiger partial charge is 0.312 e. The highest BCUT2D eigenvalue weighted by molar-refractivity contribution is 7.91. The molecule has 1 amide bonds. The predicted molar refractivity (Wildman–Crippen MR) is 98.5 cm³/mol. The number of halogens is 3. The van der Waals surface area contributed by atoms with Gasteiger partial charge in [0.15, 0.2) is 0 Å². The molecule has 0 fully saturated rings. The Morgan fingerprint density at radius 1 is 1.07 bits per heavy atom. The number of rotatable bonds is 4. The lowest BCUT2D eigenvalue weighted by atomic mass is 9.99. The molecule has 2 aromatic rings. The number of nitrogens with zero attached hydrogens (tertiary/aromatic N) is 1. The molecule has 0 spiro atoms. The van der Waals surface area contributed by atoms with Crippen molar-refractivity contribution < 1.29 is 26.4 Å². The summed E-state index contributed by atoms with van der Waals surface area (Å²) in [5.74, 6) is -0.427. The first-order chi connectivity index (χ1) is 13.1. The zero-order valence-corrected chi connectivity index (χ0v) is 15.5. The van der Waals surface area contributed by atoms with Gasteiger partial charge in [0.1, 0.15) is 0 Å². The highest BCUT2D eigenvalue weighted by Gasteiger charge is 2.33. The van der Waals surface area contributed by atoms with Gasteiger partial charge in [0.25, 0.3) is 0 Å². The summed E-state index contributed by atoms with van der Waals surface area (Å²) in [6.07, 6.45) is -2.63. The van der Waals surface area contributed by atoms with E-state index in [0.717, 1.165) is 53.9 Å². The maximum atomic E-state index is 12.6. The van der Waals surface area contributed by atoms with Crippen LogP contribution < -0.4 is 9.62 Å². The lowest BCUT2D eigenvalue weighted by Gasteiger charge is -2.26. The van der Waals surface area contributed by atoms with E-state index in [1.54, 1.807) is 17.0 Å². The van der Waals surface area contributed by atoms with Crippen molar-refractivity contribution in [2.75, 3.05) is 16.2 Å². The summed E-state index contributed by atoms with van der Waals surface area (Å²) < 4.78 is 65.3. The molecule has 148 valence electrons. The van der Waals surface area contributed by atoms with Crippen molar-refractivity contribution in [2.45, 2.75) is 31.2 Å². The third-order valence-electron chi connectivity index (χ3n) is 4.92. The molecule has 0 aliphatic carbocycles. The van der Waals surface area contributed by atoms with Gasteiger partial charge in [-0.1, -0.05) is 12.1 Å². The standard InChI is InChI=1S/C19H17F3N2O3S/c20-19(21,22)15-5-3-12(4-6-15)11-28(26,27)23-16-8-13-2-1-7-24-17(25)10-14(9-16)18(13)24/h3-6,8-9,23H,1-2,7,10-11H2. The molecule has 0 aromatic heterocycles. The van der Waals surface area contributed by atoms with Crippen LogP contribution in [0.2, 0.25) is 0 Å². The molecule has 5 nitrogen and oxygen atoms in total. The normalized spacial score (nSPS) is 16.2. The summed E-state index contributed by atoms with van der Waals surface area (Å²) in [6, 6.07) is 7.44. The topological polar surface area (TPSA) is 66.5 Å². The van der Waals surface area contributed by atoms with E-state index in [0.29, 0.717) is 12.2 Å². The van der Waals surface area contributed by atoms with Gasteiger partial charge < -0.3 is 4.90 Å². The van der Waals surface area contributed by atoms with E-state index >= 15 is 0 Å². The van der Waals surface area contributed by atoms with Crippen molar-refractivity contribution >= 4 is 27.3 Å². The van der Waals surface area contributed by atoms with Gasteiger partial charge in [-0.25, -0.2) is 8.42 Å². The second-order valence-electron chi connectivity index (χ2n) is 7.02. The number of alkyl halides is 3. The third-order valence-corrected chi connectivity index (χ3v) is 6.18. The fraction of sp³-hybridized carbons (Fsp3) is 0.316. The molecule has 0 atom stereocenters. The van der Waals surface area contributed by atoms with E-state index in [1.165, 1.54) is 0 Å². The first-order valence-corrected chi connectivity index (χ1v) is 10.4. The lowest BCUT2D eigenvalue weighted by molar-refractivity contribution is -0.137. The molecule has 0 unspecified atom stereocenters. The van der Waals surface area contributed by atoms with E-state index in [1.807, 2.05) is 0 Å². The first-order valence-electron chi connectivity index (χ1n) is 8.75. The van der Waals surface area contributed by atoms with E-state index in [4.69, 9.17) is 0 Å². The molecule has 0 radical (unpaired) electrons. The van der Waals surface area contributed by atoms with Crippen LogP contribution in [0.25, 0.3) is 0 Å². The maximum Gasteiger partial charge on any atom is 0.416 e. The molecular formula is C19H17F3N2O3S. The number of sulfonamides is 1. The summed E-state index contributed by atoms with van der Waals surface area (Å²) in [4.78, 5) is 13.8. The van der Waals surface area contributed by atoms with Crippen molar-refractivity contribution in [3.05, 3.63) is 58.7 Å². The van der Waals surface area contributed by atoms with Crippen LogP contribution in [0, 0.1) is 0 Å². The molecule has 2 aliphatic rings. The Morgan fingerprint density at radius 2 is 1.75 bits per heavy atom. The number of carbonyl (C=O) groups excluding carboxylic acids is 1. The van der Waals surface area contributed by atoms with Gasteiger partial charge in [0.05, 0.1) is 23.4 Å². The van der Waals surface area contributed by atoms with Gasteiger partial charge in [-0.05, 0) is 53.8 Å². The molecule has 28 heavy (non-hydrogen) atoms. The van der Waals surface area contributed by atoms with Gasteiger partial charge in [-0.3, -0.25) is 9.52 Å². The molecule has 9 heteroatoms. The van der Waals surface area contributed by atoms with Crippen molar-refractivity contribution in [1.82, 2.24) is 0 Å². The van der Waals surface area contributed by atoms with E-state index < -0.39 is 27.5 Å². The van der Waals surface area contributed by atoms with Gasteiger partial charge in [-0.2, -0.15) is 13.2 Å². The minimum atomic E-state index is -4.47. The van der Waals surface area contributed by atoms with E-state index in [-0.39, 0.29) is 17.9 Å². The third kappa shape index (κ3) is 3.58. The number of anilines is 2. The summed E-state index contributed by atoms with van der Waals surface area (Å²) in [5.41, 5.74) is 2.42. The van der Waals surface area contributed by atoms with Gasteiger partial charge >= 0.3 is 6.18 Å². The largest absolute Gasteiger partial charge is 0.416 e. The lowest BCUT2D eigenvalue weighted by Crippen LogP contribution is -2.31. The van der Waals surface area contributed by atoms with E-state index in [9.17, 15) is 26.4 Å². The average molecular weight is 410 g/mol. The Labute approximate surface area is 160 Å². The summed E-state index contributed by atoms with van der Waals surface area (Å²) >= 11 is 0. The number of benzene rings is 2. The molecular weight excluding hydrogens is 393 g/mol. The van der Waals surface area contributed by atoms with Gasteiger partial charge in [0, 0.05) is 12.2 Å². The molecule has 0 bridgehead atoms. The van der Waals surface area contributed by atoms with Crippen LogP contribution in [0.3, 0.4) is 0 Å². The Morgan fingerprint density at radius 3 is 2.43 bits per heavy atom. The number of nitrogens with one attached hydrogen (secondary N) is 1. The molecule has 2 aromatic carbocycles. The van der Waals surface area contributed by atoms with Crippen LogP contribution >= 0.6 is 0 Å². The van der Waals surface area contributed by atoms with Crippen LogP contribution in [0.4, 0.5) is 24.5 Å². The zero-order chi connectivity index (χ0) is 20.1. The first kappa shape index (κ1) is 18.8. The fourth-order valence-corrected chi connectivity index (χ4v) is 4.94. The number of aryl methyl sites for hydroxylation is 1. The number of carbonyl (C=O) groups is 1. The molecule has 2 heterocycles. The Bertz CT molecular complexity index is 1050. The average Bonchev–Trinajstić information content (AvgIpc) is 2.91. The zero-order valence-electron chi connectivity index (χ0n) is 14.7. The van der Waals surface area contributed by atoms with Gasteiger partial charge in [0.2, 0.25) is 15.9 Å². The van der Waals surface area contributed by atoms with Crippen LogP contribution in [-0.2, 0) is 39.6 Å². The quantitative estimate of drug-likeness (QED) is 0.839. The number of hydrogen-bond donors (Lipinski definition) is 1. The highest BCUT2D eigenvalue weighted by Crippen LogP contribution is 2.39. The predicted octanol–water partition coefficient (Wildman–Crippen LogP) is 3.48. The monoisotopic (exact) mass is 410 g/mol. The molecule has 2 aliphatic heterocycles. The van der Waals surface area contributed by atoms with Crippen molar-refractivity contribution in [2.24, 2.45) is 0 Å². The van der Waals surface area contributed by atoms with Crippen LogP contribution in [0.15, 0.2) is 36.4 Å². The Kier molecular flexibility index (Phi) is 4.37. The number of amides is 1. The molecule has 4 rings (SSSR count). The van der Waals surface area contributed by atoms with Crippen LogP contribution in [0.1, 0.15) is 28.7 Å². The maximum absolute atomic E-state index is 12.6. The molecule has 0 saturated heterocycles. The summed E-state index contributed by atoms with van der Waals surface area (Å²) in [5, 5.41) is 0. The summed E-state index contributed by atoms with van der Waals surface area (Å²) in [7, 11) is -3.82. The second kappa shape index (κ2) is 6.51. The Hall–Kier alpha value is -2.55. The number of hydrogen-bond acceptors (Lipinski definition) is 3. The fourth-order valence-electron chi connectivity index (χ4n) is 3.76. The summed E-state index contributed by atoms with van der Waals surface area (Å²) in [6.45, 7) is 0.678. The van der Waals surface area contributed by atoms with Gasteiger partial charge in [-0.15, -0.1) is 0 Å². The minimum absolute atomic E-state index is 0.0145. The van der Waals surface area contributed by atoms with Crippen molar-refractivity contribution in [1.29, 1.82) is 0 Å². The van der Waals surface area contributed by atoms with E-state index in [2.05, 4.69) is 4.72 Å². The SMILES string of the molecule is O=C1Cc2cc(NS(=O)(=O)Cc3ccc(C(F)(F)F)cc3)cc3c2N1CCC3. The minimum Gasteiger partial charge on any atom is -0.312 e. The van der Waals surface area contributed by atoms with Crippen molar-refractivity contribution in [3.8, 4) is 0 Å². The highest BCUT2D eigenvalue weighted by atomic mass is 32.2. The van der Waals surface area contributed by atoms with Crippen molar-refractivity contribution in [3.63, 3.8) is 0 Å². The molecule has 0 saturated carbocycles.